The molecule has 1 saturated heterocycles. The minimum atomic E-state index is -0.769. The van der Waals surface area contributed by atoms with Crippen LogP contribution in [0.25, 0.3) is 22.3 Å². The Bertz CT molecular complexity index is 2740. The molecule has 3 heterocycles. The molecule has 85 heavy (non-hydrogen) atoms. The van der Waals surface area contributed by atoms with Crippen LogP contribution in [0.2, 0.25) is 10.0 Å². The quantitative estimate of drug-likeness (QED) is 0.00668. The number of halogens is 2. The number of unbranched alkanes of at least 4 members (excludes halogenated alkanes) is 10. The van der Waals surface area contributed by atoms with Crippen molar-refractivity contribution in [2.24, 2.45) is 39.1 Å². The molecule has 0 bridgehead atoms. The summed E-state index contributed by atoms with van der Waals surface area (Å²) in [5.41, 5.74) is 21.4. The van der Waals surface area contributed by atoms with Gasteiger partial charge in [0.2, 0.25) is 6.41 Å². The number of piperidine rings is 1. The van der Waals surface area contributed by atoms with E-state index in [2.05, 4.69) is 130 Å². The molecule has 16 nitrogen and oxygen atoms in total. The molecule has 0 spiro atoms. The number of nitrogens with two attached hydrogens (primary N) is 3. The van der Waals surface area contributed by atoms with Crippen LogP contribution in [0.1, 0.15) is 157 Å². The van der Waals surface area contributed by atoms with Gasteiger partial charge < -0.3 is 62.2 Å². The van der Waals surface area contributed by atoms with Gasteiger partial charge in [-0.15, -0.1) is 0 Å². The summed E-state index contributed by atoms with van der Waals surface area (Å²) in [6, 6.07) is 10.2. The number of aldehydes is 1. The van der Waals surface area contributed by atoms with E-state index in [1.165, 1.54) is 87.9 Å². The number of fused-ring (bicyclic) bond motifs is 3. The summed E-state index contributed by atoms with van der Waals surface area (Å²) in [5, 5.41) is 34.0. The number of carbonyl (C=O) groups excluding carboxylic acids is 2. The highest BCUT2D eigenvalue weighted by Crippen LogP contribution is 2.41. The molecular formula is C67H102Cl2N12O4. The van der Waals surface area contributed by atoms with Crippen LogP contribution >= 0.6 is 23.2 Å². The van der Waals surface area contributed by atoms with Crippen molar-refractivity contribution in [2.45, 2.75) is 155 Å². The zero-order valence-electron chi connectivity index (χ0n) is 51.6. The molecule has 0 radical (unpaired) electrons. The molecule has 1 aliphatic carbocycles. The molecule has 2 aromatic carbocycles. The topological polar surface area (TPSA) is 239 Å². The summed E-state index contributed by atoms with van der Waals surface area (Å²) in [4.78, 5) is 38.1. The Morgan fingerprint density at radius 1 is 1.00 bits per heavy atom. The van der Waals surface area contributed by atoms with Gasteiger partial charge in [0, 0.05) is 116 Å². The number of aromatic amines is 1. The van der Waals surface area contributed by atoms with Crippen molar-refractivity contribution >= 4 is 70.7 Å². The van der Waals surface area contributed by atoms with Gasteiger partial charge >= 0.3 is 0 Å². The van der Waals surface area contributed by atoms with Crippen LogP contribution in [0.15, 0.2) is 113 Å². The van der Waals surface area contributed by atoms with E-state index < -0.39 is 5.60 Å². The third-order valence-corrected chi connectivity index (χ3v) is 16.7. The van der Waals surface area contributed by atoms with Gasteiger partial charge in [0.1, 0.15) is 6.29 Å². The van der Waals surface area contributed by atoms with Crippen molar-refractivity contribution in [2.75, 3.05) is 60.0 Å². The summed E-state index contributed by atoms with van der Waals surface area (Å²) in [6.45, 7) is 21.7. The van der Waals surface area contributed by atoms with Crippen LogP contribution in [0, 0.1) is 11.8 Å². The van der Waals surface area contributed by atoms with Gasteiger partial charge in [0.15, 0.2) is 0 Å². The van der Waals surface area contributed by atoms with E-state index in [9.17, 15) is 19.8 Å². The Balaban J connectivity index is 0.000000973. The van der Waals surface area contributed by atoms with Gasteiger partial charge in [-0.2, -0.15) is 0 Å². The second kappa shape index (κ2) is 39.7. The number of nitrogens with zero attached hydrogens (tertiary/aromatic N) is 5. The van der Waals surface area contributed by atoms with Gasteiger partial charge in [0.05, 0.1) is 52.0 Å². The normalized spacial score (nSPS) is 16.6. The number of H-pyrrole nitrogens is 1. The Morgan fingerprint density at radius 2 is 1.66 bits per heavy atom. The number of likely N-dealkylation sites (tertiary alicyclic amines) is 1. The number of aliphatic imine (C=N–C) groups is 2. The molecule has 1 aromatic heterocycles. The number of hydrogen-bond donors (Lipinski definition) is 9. The van der Waals surface area contributed by atoms with Gasteiger partial charge in [-0.25, -0.2) is 10.8 Å². The van der Waals surface area contributed by atoms with E-state index >= 15 is 0 Å². The van der Waals surface area contributed by atoms with Crippen LogP contribution in [0.3, 0.4) is 0 Å². The fraction of sp³-hybridized carbons (Fsp3) is 0.522. The molecule has 2 unspecified atom stereocenters. The largest absolute Gasteiger partial charge is 0.405 e. The van der Waals surface area contributed by atoms with E-state index in [-0.39, 0.29) is 12.5 Å². The van der Waals surface area contributed by atoms with E-state index in [1.54, 1.807) is 24.3 Å². The molecule has 0 saturated carbocycles. The highest BCUT2D eigenvalue weighted by atomic mass is 35.5. The predicted octanol–water partition coefficient (Wildman–Crippen LogP) is 11.6. The molecule has 1 amide bonds. The standard InChI is InChI=1S/C55H83Cl2N11O3.C10H14O.C2H5N/c1-40(34-55(71)24-31-66(4)32-25-55)52(64-38-62-39-70)54(67(5)59)44-20-18-43(19-21-44)35-61-26-16-14-12-10-8-6-7-9-11-13-15-17-41(2)63-29-28-60-27-22-48(58)45-33-47(56)51(57)53-50(45)46-36-68(42(3)37-69)30-23-49(46)65-53;1-9-4-6-10(7-5-9)3-2-8-11;1-2-3/h18-22,27,33,38-40,61,63,65,69,71H,2-3,6-17,23-26,28-32,34-37,58-59H2,1,4-5H3,(H,62,64,70);4,6-9H,2-3,5H2,1H3;2H,1,3H2/b48-22-,54-52+,60-27?;;. The predicted molar refractivity (Wildman–Crippen MR) is 358 cm³/mol. The summed E-state index contributed by atoms with van der Waals surface area (Å²) in [5.74, 6) is 6.99. The average Bonchev–Trinajstić information content (AvgIpc) is 3.67. The lowest BCUT2D eigenvalue weighted by atomic mass is 9.82. The van der Waals surface area contributed by atoms with Crippen molar-refractivity contribution in [3.63, 3.8) is 0 Å². The SMILES string of the molecule is C=C(CCCCCCCCCCCCCNCc1ccc(/C(=C(\N=CNC=O)C(C)CC2(O)CCN(C)CC2)N(C)N)cc1)NCCN=C/C=C(\N)c1cc(Cl)c(Cl)c2[nH]c3c(c12)CN(C(=C)CO)CC3.C=CN.CC1C=CC(CCC=O)=CC1. The van der Waals surface area contributed by atoms with Gasteiger partial charge in [-0.1, -0.05) is 163 Å². The lowest BCUT2D eigenvalue weighted by Crippen LogP contribution is -2.44. The Kier molecular flexibility index (Phi) is 33.4. The number of aliphatic hydroxyl groups excluding tert-OH is 1. The molecule has 6 rings (SSSR count). The fourth-order valence-electron chi connectivity index (χ4n) is 11.0. The van der Waals surface area contributed by atoms with Crippen molar-refractivity contribution in [1.82, 2.24) is 35.7 Å². The molecule has 18 heteroatoms. The van der Waals surface area contributed by atoms with Crippen molar-refractivity contribution in [3.05, 3.63) is 141 Å². The maximum absolute atomic E-state index is 11.4. The number of rotatable bonds is 35. The molecule has 2 atom stereocenters. The maximum atomic E-state index is 11.4. The fourth-order valence-corrected chi connectivity index (χ4v) is 11.4. The third kappa shape index (κ3) is 25.1. The lowest BCUT2D eigenvalue weighted by Gasteiger charge is -2.38. The molecule has 1 fully saturated rings. The van der Waals surface area contributed by atoms with Crippen molar-refractivity contribution < 1.29 is 19.8 Å². The second-order valence-corrected chi connectivity index (χ2v) is 23.8. The van der Waals surface area contributed by atoms with Gasteiger partial charge in [-0.3, -0.25) is 9.79 Å². The number of hydrogen-bond acceptors (Lipinski definition) is 14. The average molecular weight is 1210 g/mol. The van der Waals surface area contributed by atoms with Crippen LogP contribution in [0.4, 0.5) is 0 Å². The zero-order chi connectivity index (χ0) is 62.0. The smallest absolute Gasteiger partial charge is 0.212 e. The number of aromatic nitrogens is 1. The monoisotopic (exact) mass is 1210 g/mol. The number of aliphatic hydroxyl groups is 2. The number of hydrazine groups is 1. The van der Waals surface area contributed by atoms with E-state index in [0.29, 0.717) is 79.1 Å². The number of allylic oxidation sites excluding steroid dienone is 7. The van der Waals surface area contributed by atoms with Gasteiger partial charge in [0.25, 0.3) is 0 Å². The number of amides is 1. The number of benzene rings is 2. The van der Waals surface area contributed by atoms with Gasteiger partial charge in [-0.05, 0) is 94.8 Å². The summed E-state index contributed by atoms with van der Waals surface area (Å²) in [7, 11) is 3.88. The molecule has 2 aliphatic heterocycles. The molecule has 468 valence electrons. The first-order valence-corrected chi connectivity index (χ1v) is 31.5. The Morgan fingerprint density at radius 3 is 2.27 bits per heavy atom. The van der Waals surface area contributed by atoms with Crippen LogP contribution in [-0.4, -0.2) is 121 Å². The van der Waals surface area contributed by atoms with Crippen molar-refractivity contribution in [1.29, 1.82) is 0 Å². The maximum Gasteiger partial charge on any atom is 0.212 e. The molecule has 12 N–H and O–H groups in total. The van der Waals surface area contributed by atoms with E-state index in [1.807, 2.05) is 6.07 Å². The second-order valence-electron chi connectivity index (χ2n) is 23.0. The summed E-state index contributed by atoms with van der Waals surface area (Å²) >= 11 is 13.2. The lowest BCUT2D eigenvalue weighted by molar-refractivity contribution is -0.108. The summed E-state index contributed by atoms with van der Waals surface area (Å²) < 4.78 is 0. The molecular weight excluding hydrogens is 1110 g/mol. The highest BCUT2D eigenvalue weighted by molar-refractivity contribution is 6.45. The molecule has 3 aliphatic rings. The van der Waals surface area contributed by atoms with Crippen LogP contribution in [0.5, 0.6) is 0 Å². The van der Waals surface area contributed by atoms with E-state index in [0.717, 1.165) is 121 Å². The van der Waals surface area contributed by atoms with Crippen molar-refractivity contribution in [3.8, 4) is 0 Å². The minimum absolute atomic E-state index is 0.0869. The first-order valence-electron chi connectivity index (χ1n) is 30.7. The highest BCUT2D eigenvalue weighted by Gasteiger charge is 2.34. The van der Waals surface area contributed by atoms with Crippen LogP contribution < -0.4 is 33.3 Å². The third-order valence-electron chi connectivity index (χ3n) is 15.9. The first-order chi connectivity index (χ1) is 41.0. The van der Waals surface area contributed by atoms with Crippen LogP contribution in [-0.2, 0) is 29.1 Å². The number of nitrogens with one attached hydrogen (secondary N) is 4. The number of carbonyl (C=O) groups is 2. The Labute approximate surface area is 518 Å². The molecule has 3 aromatic rings. The summed E-state index contributed by atoms with van der Waals surface area (Å²) in [6.07, 6.45) is 34.6. The minimum Gasteiger partial charge on any atom is -0.405 e. The Hall–Kier alpha value is -5.98. The first kappa shape index (κ1) is 71.5. The zero-order valence-corrected chi connectivity index (χ0v) is 53.1. The van der Waals surface area contributed by atoms with E-state index in [4.69, 9.17) is 34.8 Å².